The average Bonchev–Trinajstić information content (AvgIpc) is 3.00. The van der Waals surface area contributed by atoms with E-state index in [1.807, 2.05) is 0 Å². The van der Waals surface area contributed by atoms with Gasteiger partial charge in [-0.15, -0.1) is 0 Å². The van der Waals surface area contributed by atoms with Gasteiger partial charge in [-0.1, -0.05) is 19.8 Å². The van der Waals surface area contributed by atoms with Crippen LogP contribution in [0.15, 0.2) is 18.2 Å². The zero-order valence-corrected chi connectivity index (χ0v) is 13.0. The highest BCUT2D eigenvalue weighted by Gasteiger charge is 2.21. The van der Waals surface area contributed by atoms with Crippen LogP contribution >= 0.6 is 0 Å². The summed E-state index contributed by atoms with van der Waals surface area (Å²) in [5.74, 6) is 1.82. The number of ether oxygens (including phenoxy) is 3. The van der Waals surface area contributed by atoms with Crippen LogP contribution < -0.4 is 14.8 Å². The number of amides is 1. The van der Waals surface area contributed by atoms with Crippen LogP contribution in [0.3, 0.4) is 0 Å². The van der Waals surface area contributed by atoms with Crippen LogP contribution in [0, 0.1) is 5.92 Å². The SMILES string of the molecule is C[C@@H]1CCCC[C@@H]1OCCNC(=O)c1ccc2c(c1)OCO2. The lowest BCUT2D eigenvalue weighted by Crippen LogP contribution is -2.31. The Kier molecular flexibility index (Phi) is 4.83. The zero-order chi connectivity index (χ0) is 15.4. The molecule has 1 fully saturated rings. The van der Waals surface area contributed by atoms with Gasteiger partial charge in [-0.3, -0.25) is 4.79 Å². The minimum Gasteiger partial charge on any atom is -0.454 e. The van der Waals surface area contributed by atoms with Gasteiger partial charge in [-0.25, -0.2) is 0 Å². The van der Waals surface area contributed by atoms with Crippen molar-refractivity contribution in [2.24, 2.45) is 5.92 Å². The second-order valence-electron chi connectivity index (χ2n) is 5.99. The van der Waals surface area contributed by atoms with Gasteiger partial charge in [0.05, 0.1) is 12.7 Å². The van der Waals surface area contributed by atoms with E-state index >= 15 is 0 Å². The van der Waals surface area contributed by atoms with Crippen molar-refractivity contribution in [3.63, 3.8) is 0 Å². The van der Waals surface area contributed by atoms with E-state index in [-0.39, 0.29) is 12.7 Å². The number of rotatable bonds is 5. The van der Waals surface area contributed by atoms with Crippen LogP contribution in [0.1, 0.15) is 43.0 Å². The molecule has 2 atom stereocenters. The molecule has 0 saturated heterocycles. The van der Waals surface area contributed by atoms with E-state index in [1.165, 1.54) is 19.3 Å². The fourth-order valence-electron chi connectivity index (χ4n) is 3.04. The minimum atomic E-state index is -0.112. The highest BCUT2D eigenvalue weighted by atomic mass is 16.7. The highest BCUT2D eigenvalue weighted by molar-refractivity contribution is 5.94. The first-order chi connectivity index (χ1) is 10.7. The molecule has 0 radical (unpaired) electrons. The van der Waals surface area contributed by atoms with Crippen LogP contribution in [0.5, 0.6) is 11.5 Å². The van der Waals surface area contributed by atoms with Crippen molar-refractivity contribution in [2.45, 2.75) is 38.7 Å². The average molecular weight is 305 g/mol. The molecule has 22 heavy (non-hydrogen) atoms. The Morgan fingerprint density at radius 2 is 2.09 bits per heavy atom. The lowest BCUT2D eigenvalue weighted by Gasteiger charge is -2.28. The molecule has 1 aliphatic heterocycles. The van der Waals surface area contributed by atoms with Gasteiger partial charge in [0.15, 0.2) is 11.5 Å². The molecule has 0 spiro atoms. The summed E-state index contributed by atoms with van der Waals surface area (Å²) in [6.07, 6.45) is 5.28. The number of fused-ring (bicyclic) bond motifs is 1. The van der Waals surface area contributed by atoms with Gasteiger partial charge < -0.3 is 19.5 Å². The van der Waals surface area contributed by atoms with Gasteiger partial charge in [0.1, 0.15) is 0 Å². The van der Waals surface area contributed by atoms with E-state index in [0.29, 0.717) is 42.2 Å². The van der Waals surface area contributed by atoms with Gasteiger partial charge in [0.2, 0.25) is 6.79 Å². The Labute approximate surface area is 130 Å². The Balaban J connectivity index is 1.42. The van der Waals surface area contributed by atoms with Gasteiger partial charge in [-0.2, -0.15) is 0 Å². The first-order valence-electron chi connectivity index (χ1n) is 8.03. The fraction of sp³-hybridized carbons (Fsp3) is 0.588. The molecule has 2 aliphatic rings. The maximum Gasteiger partial charge on any atom is 0.251 e. The molecular weight excluding hydrogens is 282 g/mol. The summed E-state index contributed by atoms with van der Waals surface area (Å²) in [6.45, 7) is 3.55. The fourth-order valence-corrected chi connectivity index (χ4v) is 3.04. The zero-order valence-electron chi connectivity index (χ0n) is 13.0. The standard InChI is InChI=1S/C17H23NO4/c1-12-4-2-3-5-14(12)20-9-8-18-17(19)13-6-7-15-16(10-13)22-11-21-15/h6-7,10,12,14H,2-5,8-9,11H2,1H3,(H,18,19)/t12-,14+/m1/s1. The summed E-state index contributed by atoms with van der Waals surface area (Å²) in [7, 11) is 0. The summed E-state index contributed by atoms with van der Waals surface area (Å²) >= 11 is 0. The van der Waals surface area contributed by atoms with Crippen molar-refractivity contribution in [2.75, 3.05) is 19.9 Å². The molecule has 0 unspecified atom stereocenters. The third-order valence-corrected chi connectivity index (χ3v) is 4.39. The Morgan fingerprint density at radius 3 is 2.95 bits per heavy atom. The number of carbonyl (C=O) groups excluding carboxylic acids is 1. The van der Waals surface area contributed by atoms with Crippen molar-refractivity contribution < 1.29 is 19.0 Å². The molecule has 5 nitrogen and oxygen atoms in total. The maximum atomic E-state index is 12.1. The number of hydrogen-bond donors (Lipinski definition) is 1. The Hall–Kier alpha value is -1.75. The molecule has 1 aromatic rings. The van der Waals surface area contributed by atoms with Gasteiger partial charge >= 0.3 is 0 Å². The van der Waals surface area contributed by atoms with Crippen molar-refractivity contribution in [1.29, 1.82) is 0 Å². The van der Waals surface area contributed by atoms with Crippen molar-refractivity contribution in [3.8, 4) is 11.5 Å². The lowest BCUT2D eigenvalue weighted by molar-refractivity contribution is -0.00293. The van der Waals surface area contributed by atoms with Gasteiger partial charge in [-0.05, 0) is 37.0 Å². The number of nitrogens with one attached hydrogen (secondary N) is 1. The molecule has 3 rings (SSSR count). The van der Waals surface area contributed by atoms with E-state index in [4.69, 9.17) is 14.2 Å². The first-order valence-corrected chi connectivity index (χ1v) is 8.03. The van der Waals surface area contributed by atoms with E-state index in [9.17, 15) is 4.79 Å². The molecule has 5 heteroatoms. The molecule has 120 valence electrons. The second kappa shape index (κ2) is 7.01. The quantitative estimate of drug-likeness (QED) is 0.850. The molecule has 1 aromatic carbocycles. The normalized spacial score (nSPS) is 23.3. The number of benzene rings is 1. The molecule has 1 aliphatic carbocycles. The van der Waals surface area contributed by atoms with Gasteiger partial charge in [0, 0.05) is 12.1 Å². The smallest absolute Gasteiger partial charge is 0.251 e. The summed E-state index contributed by atoms with van der Waals surface area (Å²) in [6, 6.07) is 5.21. The van der Waals surface area contributed by atoms with Crippen molar-refractivity contribution in [3.05, 3.63) is 23.8 Å². The second-order valence-corrected chi connectivity index (χ2v) is 5.99. The lowest BCUT2D eigenvalue weighted by atomic mass is 9.88. The Bertz CT molecular complexity index is 531. The van der Waals surface area contributed by atoms with E-state index < -0.39 is 0 Å². The molecule has 0 aromatic heterocycles. The minimum absolute atomic E-state index is 0.112. The number of carbonyl (C=O) groups is 1. The monoisotopic (exact) mass is 305 g/mol. The highest BCUT2D eigenvalue weighted by Crippen LogP contribution is 2.32. The third kappa shape index (κ3) is 3.53. The van der Waals surface area contributed by atoms with E-state index in [1.54, 1.807) is 18.2 Å². The number of hydrogen-bond acceptors (Lipinski definition) is 4. The molecule has 1 saturated carbocycles. The Morgan fingerprint density at radius 1 is 1.27 bits per heavy atom. The molecule has 0 bridgehead atoms. The summed E-state index contributed by atoms with van der Waals surface area (Å²) in [4.78, 5) is 12.1. The van der Waals surface area contributed by atoms with Gasteiger partial charge in [0.25, 0.3) is 5.91 Å². The predicted molar refractivity (Wildman–Crippen MR) is 82.3 cm³/mol. The van der Waals surface area contributed by atoms with E-state index in [0.717, 1.165) is 6.42 Å². The predicted octanol–water partition coefficient (Wildman–Crippen LogP) is 2.74. The first kappa shape index (κ1) is 15.2. The topological polar surface area (TPSA) is 56.8 Å². The van der Waals surface area contributed by atoms with Crippen LogP contribution in [0.4, 0.5) is 0 Å². The van der Waals surface area contributed by atoms with E-state index in [2.05, 4.69) is 12.2 Å². The van der Waals surface area contributed by atoms with Crippen LogP contribution in [0.2, 0.25) is 0 Å². The van der Waals surface area contributed by atoms with Crippen LogP contribution in [0.25, 0.3) is 0 Å². The summed E-state index contributed by atoms with van der Waals surface area (Å²) in [5.41, 5.74) is 0.579. The molecule has 1 amide bonds. The van der Waals surface area contributed by atoms with Crippen molar-refractivity contribution in [1.82, 2.24) is 5.32 Å². The summed E-state index contributed by atoms with van der Waals surface area (Å²) < 4.78 is 16.4. The van der Waals surface area contributed by atoms with Crippen molar-refractivity contribution >= 4 is 5.91 Å². The third-order valence-electron chi connectivity index (χ3n) is 4.39. The van der Waals surface area contributed by atoms with Crippen LogP contribution in [-0.2, 0) is 4.74 Å². The van der Waals surface area contributed by atoms with Crippen LogP contribution in [-0.4, -0.2) is 32.0 Å². The molecular formula is C17H23NO4. The largest absolute Gasteiger partial charge is 0.454 e. The molecule has 1 heterocycles. The maximum absolute atomic E-state index is 12.1. The molecule has 1 N–H and O–H groups in total. The summed E-state index contributed by atoms with van der Waals surface area (Å²) in [5, 5.41) is 2.88.